The molecule has 0 aliphatic carbocycles. The predicted octanol–water partition coefficient (Wildman–Crippen LogP) is 6.11. The van der Waals surface area contributed by atoms with Gasteiger partial charge in [0.2, 0.25) is 0 Å². The van der Waals surface area contributed by atoms with E-state index in [1.807, 2.05) is 60.7 Å². The Hall–Kier alpha value is -2.58. The largest absolute Gasteiger partial charge is 0.456 e. The van der Waals surface area contributed by atoms with Crippen molar-refractivity contribution in [1.29, 1.82) is 0 Å². The van der Waals surface area contributed by atoms with Crippen molar-refractivity contribution in [2.45, 2.75) is 6.92 Å². The quantitative estimate of drug-likeness (QED) is 0.417. The van der Waals surface area contributed by atoms with Crippen molar-refractivity contribution in [1.82, 2.24) is 0 Å². The Balaban J connectivity index is 2.17. The van der Waals surface area contributed by atoms with Crippen LogP contribution in [0.5, 0.6) is 0 Å². The maximum atomic E-state index is 12.0. The van der Waals surface area contributed by atoms with E-state index in [0.29, 0.717) is 10.6 Å². The average Bonchev–Trinajstić information content (AvgIpc) is 2.92. The van der Waals surface area contributed by atoms with Gasteiger partial charge in [-0.15, -0.1) is 0 Å². The highest BCUT2D eigenvalue weighted by Gasteiger charge is 2.16. The third-order valence-corrected chi connectivity index (χ3v) is 4.26. The number of hydrogen-bond acceptors (Lipinski definition) is 2. The molecule has 0 spiro atoms. The third kappa shape index (κ3) is 2.23. The number of benzene rings is 3. The van der Waals surface area contributed by atoms with Crippen molar-refractivity contribution in [2.24, 2.45) is 0 Å². The first-order chi connectivity index (χ1) is 11.1. The molecule has 3 heteroatoms. The zero-order chi connectivity index (χ0) is 16.0. The zero-order valence-corrected chi connectivity index (χ0v) is 13.2. The average molecular weight is 321 g/mol. The van der Waals surface area contributed by atoms with E-state index in [9.17, 15) is 4.79 Å². The lowest BCUT2D eigenvalue weighted by Gasteiger charge is -2.09. The number of para-hydroxylation sites is 1. The summed E-state index contributed by atoms with van der Waals surface area (Å²) in [6, 6.07) is 19.2. The van der Waals surface area contributed by atoms with E-state index in [1.54, 1.807) is 6.92 Å². The summed E-state index contributed by atoms with van der Waals surface area (Å²) >= 11 is 6.29. The highest BCUT2D eigenvalue weighted by Crippen LogP contribution is 2.39. The van der Waals surface area contributed by atoms with E-state index in [2.05, 4.69) is 0 Å². The van der Waals surface area contributed by atoms with Crippen LogP contribution in [-0.2, 0) is 0 Å². The van der Waals surface area contributed by atoms with Crippen molar-refractivity contribution in [3.05, 3.63) is 71.2 Å². The summed E-state index contributed by atoms with van der Waals surface area (Å²) in [6.45, 7) is 1.58. The van der Waals surface area contributed by atoms with E-state index in [4.69, 9.17) is 16.0 Å². The minimum atomic E-state index is 0.0292. The van der Waals surface area contributed by atoms with Crippen LogP contribution in [0.1, 0.15) is 17.3 Å². The fraction of sp³-hybridized carbons (Fsp3) is 0.0500. The Labute approximate surface area is 138 Å². The Bertz CT molecular complexity index is 1060. The number of carbonyl (C=O) groups is 1. The molecule has 0 radical (unpaired) electrons. The Morgan fingerprint density at radius 2 is 1.65 bits per heavy atom. The molecule has 0 unspecified atom stereocenters. The van der Waals surface area contributed by atoms with Gasteiger partial charge in [0.05, 0.1) is 0 Å². The second-order valence-corrected chi connectivity index (χ2v) is 5.96. The van der Waals surface area contributed by atoms with Crippen LogP contribution in [0.15, 0.2) is 65.1 Å². The molecule has 4 rings (SSSR count). The number of Topliss-reactive ketones (excluding diaryl/α,β-unsaturated/α-hetero) is 1. The first-order valence-corrected chi connectivity index (χ1v) is 7.74. The molecular weight excluding hydrogens is 308 g/mol. The second kappa shape index (κ2) is 5.25. The van der Waals surface area contributed by atoms with Crippen molar-refractivity contribution >= 4 is 39.3 Å². The maximum Gasteiger partial charge on any atom is 0.160 e. The van der Waals surface area contributed by atoms with Gasteiger partial charge in [-0.1, -0.05) is 54.1 Å². The molecule has 0 bridgehead atoms. The van der Waals surface area contributed by atoms with E-state index >= 15 is 0 Å². The van der Waals surface area contributed by atoms with Crippen LogP contribution >= 0.6 is 11.6 Å². The molecule has 0 saturated heterocycles. The maximum absolute atomic E-state index is 12.0. The molecule has 4 aromatic rings. The zero-order valence-electron chi connectivity index (χ0n) is 12.5. The first kappa shape index (κ1) is 14.0. The lowest BCUT2D eigenvalue weighted by molar-refractivity contribution is 0.101. The number of carbonyl (C=O) groups excluding carboxylic acids is 1. The van der Waals surface area contributed by atoms with Gasteiger partial charge in [0, 0.05) is 27.4 Å². The molecule has 0 fully saturated rings. The number of furan rings is 1. The number of ketones is 1. The molecule has 112 valence electrons. The van der Waals surface area contributed by atoms with Crippen LogP contribution in [0.4, 0.5) is 0 Å². The van der Waals surface area contributed by atoms with Gasteiger partial charge in [0.15, 0.2) is 5.78 Å². The molecule has 0 aliphatic rings. The van der Waals surface area contributed by atoms with Gasteiger partial charge < -0.3 is 4.42 Å². The smallest absolute Gasteiger partial charge is 0.160 e. The van der Waals surface area contributed by atoms with Gasteiger partial charge in [0.25, 0.3) is 0 Å². The molecule has 0 amide bonds. The topological polar surface area (TPSA) is 30.2 Å². The monoisotopic (exact) mass is 320 g/mol. The summed E-state index contributed by atoms with van der Waals surface area (Å²) in [6.07, 6.45) is 0. The van der Waals surface area contributed by atoms with Crippen molar-refractivity contribution in [3.8, 4) is 11.1 Å². The fourth-order valence-electron chi connectivity index (χ4n) is 3.06. The minimum absolute atomic E-state index is 0.0292. The lowest BCUT2D eigenvalue weighted by Crippen LogP contribution is -1.96. The number of fused-ring (bicyclic) bond motifs is 3. The summed E-state index contributed by atoms with van der Waals surface area (Å²) in [5.74, 6) is 0.0292. The van der Waals surface area contributed by atoms with Crippen LogP contribution < -0.4 is 0 Å². The Kier molecular flexibility index (Phi) is 3.21. The summed E-state index contributed by atoms with van der Waals surface area (Å²) in [5, 5.41) is 2.59. The van der Waals surface area contributed by atoms with Gasteiger partial charge in [-0.3, -0.25) is 4.79 Å². The number of rotatable bonds is 2. The van der Waals surface area contributed by atoms with E-state index in [1.165, 1.54) is 0 Å². The minimum Gasteiger partial charge on any atom is -0.456 e. The van der Waals surface area contributed by atoms with Crippen LogP contribution in [-0.4, -0.2) is 5.78 Å². The van der Waals surface area contributed by atoms with Crippen LogP contribution in [0.3, 0.4) is 0 Å². The molecule has 0 N–H and O–H groups in total. The fourth-order valence-corrected chi connectivity index (χ4v) is 3.27. The molecule has 0 atom stereocenters. The van der Waals surface area contributed by atoms with E-state index in [-0.39, 0.29) is 5.78 Å². The number of halogens is 1. The summed E-state index contributed by atoms with van der Waals surface area (Å²) in [4.78, 5) is 12.0. The molecule has 3 aromatic carbocycles. The van der Waals surface area contributed by atoms with Crippen molar-refractivity contribution < 1.29 is 9.21 Å². The van der Waals surface area contributed by atoms with Gasteiger partial charge in [0.1, 0.15) is 11.2 Å². The molecule has 2 nitrogen and oxygen atoms in total. The summed E-state index contributed by atoms with van der Waals surface area (Å²) in [7, 11) is 0. The molecule has 1 aromatic heterocycles. The van der Waals surface area contributed by atoms with E-state index < -0.39 is 0 Å². The normalized spacial score (nSPS) is 11.2. The highest BCUT2D eigenvalue weighted by atomic mass is 35.5. The first-order valence-electron chi connectivity index (χ1n) is 7.36. The third-order valence-electron chi connectivity index (χ3n) is 4.04. The van der Waals surface area contributed by atoms with Gasteiger partial charge >= 0.3 is 0 Å². The standard InChI is InChI=1S/C20H13ClO2/c1-12(22)14-6-2-3-7-15(14)17-10-13(21)11-19-20(17)16-8-4-5-9-18(16)23-19/h2-11H,1H3. The van der Waals surface area contributed by atoms with Crippen molar-refractivity contribution in [2.75, 3.05) is 0 Å². The van der Waals surface area contributed by atoms with Crippen LogP contribution in [0, 0.1) is 0 Å². The molecule has 23 heavy (non-hydrogen) atoms. The summed E-state index contributed by atoms with van der Waals surface area (Å²) < 4.78 is 5.93. The molecule has 1 heterocycles. The lowest BCUT2D eigenvalue weighted by atomic mass is 9.94. The predicted molar refractivity (Wildman–Crippen MR) is 94.2 cm³/mol. The molecule has 0 aliphatic heterocycles. The summed E-state index contributed by atoms with van der Waals surface area (Å²) in [5.41, 5.74) is 4.02. The Morgan fingerprint density at radius 1 is 0.913 bits per heavy atom. The van der Waals surface area contributed by atoms with Crippen LogP contribution in [0.25, 0.3) is 33.1 Å². The van der Waals surface area contributed by atoms with Gasteiger partial charge in [-0.25, -0.2) is 0 Å². The molecule has 0 saturated carbocycles. The SMILES string of the molecule is CC(=O)c1ccccc1-c1cc(Cl)cc2oc3ccccc3c12. The van der Waals surface area contributed by atoms with Gasteiger partial charge in [-0.2, -0.15) is 0 Å². The highest BCUT2D eigenvalue weighted by molar-refractivity contribution is 6.32. The molecular formula is C20H13ClO2. The van der Waals surface area contributed by atoms with E-state index in [0.717, 1.165) is 33.1 Å². The second-order valence-electron chi connectivity index (χ2n) is 5.53. The van der Waals surface area contributed by atoms with Gasteiger partial charge in [-0.05, 0) is 30.2 Å². The number of hydrogen-bond donors (Lipinski definition) is 0. The van der Waals surface area contributed by atoms with Crippen LogP contribution in [0.2, 0.25) is 5.02 Å². The van der Waals surface area contributed by atoms with Crippen molar-refractivity contribution in [3.63, 3.8) is 0 Å². The Morgan fingerprint density at radius 3 is 2.48 bits per heavy atom.